The third-order valence-electron chi connectivity index (χ3n) is 4.17. The summed E-state index contributed by atoms with van der Waals surface area (Å²) in [6.45, 7) is 9.52. The van der Waals surface area contributed by atoms with Crippen molar-refractivity contribution < 1.29 is 9.18 Å². The molecule has 0 saturated carbocycles. The molecule has 2 heterocycles. The Morgan fingerprint density at radius 2 is 2.12 bits per heavy atom. The number of hydrogen-bond donors (Lipinski definition) is 1. The lowest BCUT2D eigenvalue weighted by Crippen LogP contribution is -2.56. The Labute approximate surface area is 151 Å². The van der Waals surface area contributed by atoms with Crippen LogP contribution in [0.4, 0.5) is 15.2 Å². The summed E-state index contributed by atoms with van der Waals surface area (Å²) in [4.78, 5) is 20.6. The van der Waals surface area contributed by atoms with Gasteiger partial charge in [-0.1, -0.05) is 0 Å². The average Bonchev–Trinajstić information content (AvgIpc) is 2.96. The van der Waals surface area contributed by atoms with Crippen LogP contribution in [0.25, 0.3) is 0 Å². The van der Waals surface area contributed by atoms with Crippen molar-refractivity contribution in [1.29, 1.82) is 0 Å². The molecule has 1 aliphatic rings. The highest BCUT2D eigenvalue weighted by Gasteiger charge is 2.26. The van der Waals surface area contributed by atoms with E-state index in [9.17, 15) is 9.18 Å². The van der Waals surface area contributed by atoms with Gasteiger partial charge in [0.05, 0.1) is 11.4 Å². The maximum atomic E-state index is 13.2. The molecule has 25 heavy (non-hydrogen) atoms. The highest BCUT2D eigenvalue weighted by Crippen LogP contribution is 2.29. The van der Waals surface area contributed by atoms with Crippen molar-refractivity contribution in [1.82, 2.24) is 15.2 Å². The second kappa shape index (κ2) is 7.19. The van der Waals surface area contributed by atoms with E-state index in [1.807, 2.05) is 5.38 Å². The minimum Gasteiger partial charge on any atom is -0.309 e. The molecule has 1 aromatic carbocycles. The molecule has 1 saturated heterocycles. The van der Waals surface area contributed by atoms with Crippen LogP contribution in [-0.2, 0) is 11.3 Å². The Morgan fingerprint density at radius 1 is 1.40 bits per heavy atom. The molecule has 2 aromatic rings. The molecule has 1 aromatic heterocycles. The number of rotatable bonds is 4. The molecule has 1 N–H and O–H groups in total. The summed E-state index contributed by atoms with van der Waals surface area (Å²) in [6.07, 6.45) is 0. The summed E-state index contributed by atoms with van der Waals surface area (Å²) in [5, 5.41) is 6.10. The summed E-state index contributed by atoms with van der Waals surface area (Å²) in [6, 6.07) is 5.89. The van der Waals surface area contributed by atoms with Crippen LogP contribution in [0.5, 0.6) is 0 Å². The van der Waals surface area contributed by atoms with Crippen molar-refractivity contribution in [3.05, 3.63) is 41.2 Å². The monoisotopic (exact) mass is 362 g/mol. The molecule has 1 amide bonds. The Hall–Kier alpha value is -1.83. The van der Waals surface area contributed by atoms with E-state index < -0.39 is 0 Å². The van der Waals surface area contributed by atoms with Crippen LogP contribution in [0, 0.1) is 5.82 Å². The van der Waals surface area contributed by atoms with E-state index in [0.717, 1.165) is 31.9 Å². The molecule has 0 unspecified atom stereocenters. The highest BCUT2D eigenvalue weighted by atomic mass is 32.1. The number of nitrogens with zero attached hydrogens (tertiary/aromatic N) is 3. The number of carbonyl (C=O) groups excluding carboxylic acids is 1. The summed E-state index contributed by atoms with van der Waals surface area (Å²) in [7, 11) is 0. The number of thiazole rings is 1. The third-order valence-corrected chi connectivity index (χ3v) is 5.04. The number of carbonyl (C=O) groups is 1. The normalized spacial score (nSPS) is 17.4. The minimum absolute atomic E-state index is 0.0939. The molecule has 0 radical (unpaired) electrons. The lowest BCUT2D eigenvalue weighted by molar-refractivity contribution is -0.115. The zero-order valence-electron chi connectivity index (χ0n) is 14.8. The summed E-state index contributed by atoms with van der Waals surface area (Å²) < 4.78 is 13.2. The highest BCUT2D eigenvalue weighted by molar-refractivity contribution is 7.14. The number of anilines is 2. The van der Waals surface area contributed by atoms with Gasteiger partial charge < -0.3 is 5.32 Å². The molecule has 134 valence electrons. The first-order chi connectivity index (χ1) is 11.8. The molecule has 0 atom stereocenters. The van der Waals surface area contributed by atoms with E-state index in [1.165, 1.54) is 35.3 Å². The van der Waals surface area contributed by atoms with E-state index in [-0.39, 0.29) is 17.3 Å². The number of benzene rings is 1. The predicted molar refractivity (Wildman–Crippen MR) is 98.7 cm³/mol. The van der Waals surface area contributed by atoms with Gasteiger partial charge in [0.15, 0.2) is 5.13 Å². The molecule has 0 aliphatic carbocycles. The van der Waals surface area contributed by atoms with Crippen molar-refractivity contribution in [3.63, 3.8) is 0 Å². The molecule has 1 aliphatic heterocycles. The van der Waals surface area contributed by atoms with Gasteiger partial charge in [-0.3, -0.25) is 14.6 Å². The van der Waals surface area contributed by atoms with E-state index in [2.05, 4.69) is 29.0 Å². The molecule has 1 fully saturated rings. The Morgan fingerprint density at radius 3 is 2.76 bits per heavy atom. The van der Waals surface area contributed by atoms with Crippen LogP contribution in [-0.4, -0.2) is 41.0 Å². The SMILES string of the molecule is CC(=O)N(c1ccc(F)cc1)c1nc(CN2CCNC(C)(C)C2)cs1. The van der Waals surface area contributed by atoms with Crippen LogP contribution in [0.1, 0.15) is 26.5 Å². The Bertz CT molecular complexity index is 744. The third kappa shape index (κ3) is 4.42. The fraction of sp³-hybridized carbons (Fsp3) is 0.444. The second-order valence-electron chi connectivity index (χ2n) is 6.97. The van der Waals surface area contributed by atoms with Crippen LogP contribution in [0.2, 0.25) is 0 Å². The van der Waals surface area contributed by atoms with Gasteiger partial charge in [-0.15, -0.1) is 11.3 Å². The van der Waals surface area contributed by atoms with Gasteiger partial charge in [0.2, 0.25) is 5.91 Å². The van der Waals surface area contributed by atoms with Crippen molar-refractivity contribution in [2.24, 2.45) is 0 Å². The lowest BCUT2D eigenvalue weighted by Gasteiger charge is -2.38. The summed E-state index contributed by atoms with van der Waals surface area (Å²) in [5.41, 5.74) is 1.67. The number of amides is 1. The fourth-order valence-electron chi connectivity index (χ4n) is 3.10. The van der Waals surface area contributed by atoms with Gasteiger partial charge in [0.1, 0.15) is 5.82 Å². The quantitative estimate of drug-likeness (QED) is 0.908. The zero-order valence-corrected chi connectivity index (χ0v) is 15.6. The number of aromatic nitrogens is 1. The lowest BCUT2D eigenvalue weighted by atomic mass is 10.0. The molecular weight excluding hydrogens is 339 g/mol. The zero-order chi connectivity index (χ0) is 18.0. The van der Waals surface area contributed by atoms with Gasteiger partial charge in [-0.25, -0.2) is 9.37 Å². The maximum absolute atomic E-state index is 13.2. The van der Waals surface area contributed by atoms with Gasteiger partial charge in [0, 0.05) is 44.0 Å². The first-order valence-corrected chi connectivity index (χ1v) is 9.20. The van der Waals surface area contributed by atoms with E-state index in [0.29, 0.717) is 10.8 Å². The fourth-order valence-corrected chi connectivity index (χ4v) is 3.98. The van der Waals surface area contributed by atoms with Crippen molar-refractivity contribution in [2.45, 2.75) is 32.9 Å². The first kappa shape index (κ1) is 18.0. The summed E-state index contributed by atoms with van der Waals surface area (Å²) >= 11 is 1.43. The largest absolute Gasteiger partial charge is 0.309 e. The van der Waals surface area contributed by atoms with Crippen LogP contribution in [0.15, 0.2) is 29.6 Å². The molecule has 7 heteroatoms. The Balaban J connectivity index is 1.76. The average molecular weight is 362 g/mol. The van der Waals surface area contributed by atoms with E-state index >= 15 is 0 Å². The van der Waals surface area contributed by atoms with Crippen LogP contribution >= 0.6 is 11.3 Å². The Kier molecular flexibility index (Phi) is 5.17. The van der Waals surface area contributed by atoms with Crippen LogP contribution < -0.4 is 10.2 Å². The number of halogens is 1. The smallest absolute Gasteiger partial charge is 0.230 e. The number of nitrogens with one attached hydrogen (secondary N) is 1. The molecular formula is C18H23FN4OS. The van der Waals surface area contributed by atoms with Crippen molar-refractivity contribution in [3.8, 4) is 0 Å². The predicted octanol–water partition coefficient (Wildman–Crippen LogP) is 3.15. The standard InChI is InChI=1S/C18H23FN4OS/c1-13(24)23(16-6-4-14(19)5-7-16)17-21-15(11-25-17)10-22-9-8-20-18(2,3)12-22/h4-7,11,20H,8-10,12H2,1-3H3. The first-order valence-electron chi connectivity index (χ1n) is 8.32. The number of hydrogen-bond acceptors (Lipinski definition) is 5. The summed E-state index contributed by atoms with van der Waals surface area (Å²) in [5.74, 6) is -0.468. The van der Waals surface area contributed by atoms with E-state index in [4.69, 9.17) is 0 Å². The topological polar surface area (TPSA) is 48.5 Å². The van der Waals surface area contributed by atoms with Gasteiger partial charge in [-0.2, -0.15) is 0 Å². The van der Waals surface area contributed by atoms with Crippen molar-refractivity contribution in [2.75, 3.05) is 24.5 Å². The van der Waals surface area contributed by atoms with E-state index in [1.54, 1.807) is 12.1 Å². The number of piperazine rings is 1. The minimum atomic E-state index is -0.326. The molecule has 3 rings (SSSR count). The molecule has 5 nitrogen and oxygen atoms in total. The van der Waals surface area contributed by atoms with Gasteiger partial charge >= 0.3 is 0 Å². The second-order valence-corrected chi connectivity index (χ2v) is 7.81. The van der Waals surface area contributed by atoms with Crippen LogP contribution in [0.3, 0.4) is 0 Å². The van der Waals surface area contributed by atoms with Gasteiger partial charge in [0.25, 0.3) is 0 Å². The molecule has 0 bridgehead atoms. The molecule has 0 spiro atoms. The maximum Gasteiger partial charge on any atom is 0.230 e. The van der Waals surface area contributed by atoms with Gasteiger partial charge in [-0.05, 0) is 38.1 Å². The van der Waals surface area contributed by atoms with Crippen molar-refractivity contribution >= 4 is 28.1 Å².